The van der Waals surface area contributed by atoms with Gasteiger partial charge in [-0.1, -0.05) is 62.4 Å². The highest BCUT2D eigenvalue weighted by atomic mass is 19.4. The van der Waals surface area contributed by atoms with Crippen LogP contribution in [0.25, 0.3) is 11.1 Å². The molecule has 4 rings (SSSR count). The van der Waals surface area contributed by atoms with Crippen LogP contribution < -0.4 is 0 Å². The Morgan fingerprint density at radius 1 is 0.867 bits per heavy atom. The SMILES string of the molecule is CCOC(=O)C(C)C(C)C1CN(Cc2ccc(-c3ccc(C(O)(C(F)(F)F)C(F)(F)F)cc3)cc2)CCN1Cc1ccncc1. The molecular weight excluding hydrogens is 600 g/mol. The molecule has 1 aliphatic heterocycles. The number of aromatic nitrogens is 1. The molecule has 1 aliphatic rings. The predicted molar refractivity (Wildman–Crippen MR) is 157 cm³/mol. The van der Waals surface area contributed by atoms with Gasteiger partial charge in [0.25, 0.3) is 5.60 Å². The lowest BCUT2D eigenvalue weighted by molar-refractivity contribution is -0.376. The van der Waals surface area contributed by atoms with Crippen molar-refractivity contribution in [2.24, 2.45) is 11.8 Å². The fourth-order valence-corrected chi connectivity index (χ4v) is 5.74. The summed E-state index contributed by atoms with van der Waals surface area (Å²) in [7, 11) is 0. The summed E-state index contributed by atoms with van der Waals surface area (Å²) in [5.41, 5.74) is -3.15. The van der Waals surface area contributed by atoms with Crippen LogP contribution in [0.5, 0.6) is 0 Å². The number of pyridine rings is 1. The van der Waals surface area contributed by atoms with Crippen molar-refractivity contribution in [3.63, 3.8) is 0 Å². The average Bonchev–Trinajstić information content (AvgIpc) is 3.00. The van der Waals surface area contributed by atoms with Gasteiger partial charge in [0.2, 0.25) is 0 Å². The van der Waals surface area contributed by atoms with Crippen molar-refractivity contribution in [3.05, 3.63) is 89.7 Å². The number of carbonyl (C=O) groups is 1. The molecule has 1 N–H and O–H groups in total. The van der Waals surface area contributed by atoms with Gasteiger partial charge >= 0.3 is 18.3 Å². The standard InChI is InChI=1S/C33H37F6N3O3/c1-4-45-30(43)23(3)22(2)29-21-41(17-18-42(29)20-25-13-15-40-16-14-25)19-24-5-7-26(8-6-24)27-9-11-28(12-10-27)31(44,32(34,35)36)33(37,38)39/h5-16,22-23,29,44H,4,17-21H2,1-3H3. The van der Waals surface area contributed by atoms with Gasteiger partial charge in [-0.05, 0) is 47.2 Å². The number of ether oxygens (including phenoxy) is 1. The van der Waals surface area contributed by atoms with Crippen molar-refractivity contribution in [2.45, 2.75) is 57.9 Å². The van der Waals surface area contributed by atoms with Gasteiger partial charge in [0.1, 0.15) is 0 Å². The molecule has 3 atom stereocenters. The molecule has 0 spiro atoms. The summed E-state index contributed by atoms with van der Waals surface area (Å²) < 4.78 is 84.7. The van der Waals surface area contributed by atoms with Crippen LogP contribution in [0.4, 0.5) is 26.3 Å². The number of nitrogens with zero attached hydrogens (tertiary/aromatic N) is 3. The number of rotatable bonds is 10. The first-order valence-corrected chi connectivity index (χ1v) is 14.7. The summed E-state index contributed by atoms with van der Waals surface area (Å²) >= 11 is 0. The van der Waals surface area contributed by atoms with Crippen molar-refractivity contribution in [3.8, 4) is 11.1 Å². The molecule has 0 aliphatic carbocycles. The molecule has 0 bridgehead atoms. The topological polar surface area (TPSA) is 65.9 Å². The summed E-state index contributed by atoms with van der Waals surface area (Å²) in [4.78, 5) is 21.4. The first-order chi connectivity index (χ1) is 21.2. The van der Waals surface area contributed by atoms with E-state index in [4.69, 9.17) is 4.74 Å². The van der Waals surface area contributed by atoms with Crippen LogP contribution in [0.1, 0.15) is 37.5 Å². The normalized spacial score (nSPS) is 18.4. The van der Waals surface area contributed by atoms with Crippen LogP contribution in [0.2, 0.25) is 0 Å². The maximum absolute atomic E-state index is 13.2. The first-order valence-electron chi connectivity index (χ1n) is 14.7. The summed E-state index contributed by atoms with van der Waals surface area (Å²) in [5.74, 6) is -0.522. The third kappa shape index (κ3) is 7.67. The number of alkyl halides is 6. The van der Waals surface area contributed by atoms with Crippen molar-refractivity contribution in [1.29, 1.82) is 0 Å². The molecule has 244 valence electrons. The molecule has 6 nitrogen and oxygen atoms in total. The number of hydrogen-bond acceptors (Lipinski definition) is 6. The Morgan fingerprint density at radius 2 is 1.40 bits per heavy atom. The van der Waals surface area contributed by atoms with E-state index < -0.39 is 23.5 Å². The van der Waals surface area contributed by atoms with Crippen LogP contribution in [0.15, 0.2) is 73.1 Å². The lowest BCUT2D eigenvalue weighted by atomic mass is 9.86. The zero-order valence-corrected chi connectivity index (χ0v) is 25.3. The monoisotopic (exact) mass is 637 g/mol. The highest BCUT2D eigenvalue weighted by Gasteiger charge is 2.71. The fourth-order valence-electron chi connectivity index (χ4n) is 5.74. The fraction of sp³-hybridized carbons (Fsp3) is 0.455. The van der Waals surface area contributed by atoms with Crippen LogP contribution in [-0.2, 0) is 28.2 Å². The zero-order valence-electron chi connectivity index (χ0n) is 25.3. The number of esters is 1. The van der Waals surface area contributed by atoms with Gasteiger partial charge in [-0.15, -0.1) is 0 Å². The van der Waals surface area contributed by atoms with E-state index in [1.165, 1.54) is 0 Å². The summed E-state index contributed by atoms with van der Waals surface area (Å²) in [6, 6.07) is 14.8. The van der Waals surface area contributed by atoms with Gasteiger partial charge in [0, 0.05) is 56.7 Å². The number of aliphatic hydroxyl groups is 1. The van der Waals surface area contributed by atoms with Gasteiger partial charge in [-0.2, -0.15) is 26.3 Å². The van der Waals surface area contributed by atoms with E-state index >= 15 is 0 Å². The van der Waals surface area contributed by atoms with E-state index in [1.54, 1.807) is 31.5 Å². The molecule has 0 amide bonds. The van der Waals surface area contributed by atoms with Gasteiger partial charge in [0.05, 0.1) is 12.5 Å². The molecule has 1 aromatic heterocycles. The maximum Gasteiger partial charge on any atom is 0.430 e. The highest BCUT2D eigenvalue weighted by molar-refractivity contribution is 5.72. The Morgan fingerprint density at radius 3 is 1.93 bits per heavy atom. The first kappa shape index (κ1) is 34.4. The van der Waals surface area contributed by atoms with E-state index in [2.05, 4.69) is 21.7 Å². The Kier molecular flexibility index (Phi) is 10.6. The molecule has 45 heavy (non-hydrogen) atoms. The largest absolute Gasteiger partial charge is 0.466 e. The zero-order chi connectivity index (χ0) is 33.0. The Bertz CT molecular complexity index is 1380. The minimum Gasteiger partial charge on any atom is -0.466 e. The Hall–Kier alpha value is -3.48. The van der Waals surface area contributed by atoms with E-state index in [0.717, 1.165) is 42.9 Å². The predicted octanol–water partition coefficient (Wildman–Crippen LogP) is 6.58. The second kappa shape index (κ2) is 13.9. The van der Waals surface area contributed by atoms with Crippen LogP contribution in [0, 0.1) is 11.8 Å². The van der Waals surface area contributed by atoms with E-state index in [9.17, 15) is 36.2 Å². The summed E-state index contributed by atoms with van der Waals surface area (Å²) in [6.07, 6.45) is -8.36. The van der Waals surface area contributed by atoms with Crippen LogP contribution in [0.3, 0.4) is 0 Å². The molecule has 3 unspecified atom stereocenters. The van der Waals surface area contributed by atoms with Crippen molar-refractivity contribution < 1.29 is 41.0 Å². The number of hydrogen-bond donors (Lipinski definition) is 1. The van der Waals surface area contributed by atoms with Crippen molar-refractivity contribution >= 4 is 5.97 Å². The number of piperazine rings is 1. The van der Waals surface area contributed by atoms with Crippen LogP contribution in [-0.4, -0.2) is 70.5 Å². The highest BCUT2D eigenvalue weighted by Crippen LogP contribution is 2.50. The second-order valence-corrected chi connectivity index (χ2v) is 11.5. The van der Waals surface area contributed by atoms with Gasteiger partial charge < -0.3 is 9.84 Å². The summed E-state index contributed by atoms with van der Waals surface area (Å²) in [6.45, 7) is 9.67. The van der Waals surface area contributed by atoms with E-state index in [-0.39, 0.29) is 23.8 Å². The van der Waals surface area contributed by atoms with Crippen LogP contribution >= 0.6 is 0 Å². The molecule has 1 fully saturated rings. The lowest BCUT2D eigenvalue weighted by Gasteiger charge is -2.45. The third-order valence-electron chi connectivity index (χ3n) is 8.62. The minimum absolute atomic E-state index is 0.00591. The second-order valence-electron chi connectivity index (χ2n) is 11.5. The third-order valence-corrected chi connectivity index (χ3v) is 8.62. The molecule has 12 heteroatoms. The van der Waals surface area contributed by atoms with Crippen molar-refractivity contribution in [2.75, 3.05) is 26.2 Å². The van der Waals surface area contributed by atoms with Gasteiger partial charge in [-0.25, -0.2) is 0 Å². The summed E-state index contributed by atoms with van der Waals surface area (Å²) in [5, 5.41) is 9.65. The maximum atomic E-state index is 13.2. The number of halogens is 6. The molecule has 1 saturated heterocycles. The van der Waals surface area contributed by atoms with Gasteiger partial charge in [0.15, 0.2) is 0 Å². The molecule has 3 aromatic rings. The smallest absolute Gasteiger partial charge is 0.430 e. The number of benzene rings is 2. The van der Waals surface area contributed by atoms with E-state index in [0.29, 0.717) is 43.0 Å². The molecular formula is C33H37F6N3O3. The lowest BCUT2D eigenvalue weighted by Crippen LogP contribution is -2.56. The molecule has 0 saturated carbocycles. The van der Waals surface area contributed by atoms with E-state index in [1.807, 2.05) is 31.2 Å². The minimum atomic E-state index is -5.94. The molecule has 0 radical (unpaired) electrons. The average molecular weight is 638 g/mol. The van der Waals surface area contributed by atoms with Gasteiger partial charge in [-0.3, -0.25) is 19.6 Å². The van der Waals surface area contributed by atoms with Crippen molar-refractivity contribution in [1.82, 2.24) is 14.8 Å². The number of carbonyl (C=O) groups excluding carboxylic acids is 1. The Balaban J connectivity index is 1.47. The molecule has 2 aromatic carbocycles. The quantitative estimate of drug-likeness (QED) is 0.200. The Labute approximate surface area is 258 Å². The molecule has 2 heterocycles.